The Bertz CT molecular complexity index is 917. The van der Waals surface area contributed by atoms with Crippen molar-refractivity contribution in [2.24, 2.45) is 0 Å². The minimum atomic E-state index is -0.0446. The molecular weight excluding hydrogens is 342 g/mol. The third-order valence-electron chi connectivity index (χ3n) is 4.71. The van der Waals surface area contributed by atoms with Crippen LogP contribution in [0.25, 0.3) is 11.0 Å². The number of hydrogen-bond acceptors (Lipinski definition) is 6. The number of benzene rings is 1. The van der Waals surface area contributed by atoms with Gasteiger partial charge in [0.15, 0.2) is 5.82 Å². The largest absolute Gasteiger partial charge is 0.370 e. The van der Waals surface area contributed by atoms with E-state index in [4.69, 9.17) is 0 Å². The number of carbonyl (C=O) groups is 1. The Morgan fingerprint density at radius 3 is 2.89 bits per heavy atom. The van der Waals surface area contributed by atoms with Crippen LogP contribution in [0.3, 0.4) is 0 Å². The summed E-state index contributed by atoms with van der Waals surface area (Å²) in [5, 5.41) is 14.3. The molecule has 3 heterocycles. The molecular formula is C19H23N7O. The minimum Gasteiger partial charge on any atom is -0.370 e. The second-order valence-electron chi connectivity index (χ2n) is 6.63. The highest BCUT2D eigenvalue weighted by molar-refractivity contribution is 5.80. The Labute approximate surface area is 157 Å². The first-order chi connectivity index (χ1) is 13.3. The van der Waals surface area contributed by atoms with Gasteiger partial charge in [0.05, 0.1) is 29.2 Å². The molecule has 1 aromatic carbocycles. The van der Waals surface area contributed by atoms with Crippen molar-refractivity contribution < 1.29 is 4.79 Å². The van der Waals surface area contributed by atoms with Gasteiger partial charge in [0.1, 0.15) is 6.54 Å². The number of carbonyl (C=O) groups excluding carboxylic acids is 1. The number of anilines is 2. The number of imidazole rings is 1. The molecule has 8 heteroatoms. The Balaban J connectivity index is 1.24. The van der Waals surface area contributed by atoms with E-state index in [-0.39, 0.29) is 12.5 Å². The predicted octanol–water partition coefficient (Wildman–Crippen LogP) is 1.65. The Kier molecular flexibility index (Phi) is 5.13. The maximum absolute atomic E-state index is 12.2. The van der Waals surface area contributed by atoms with Gasteiger partial charge in [0.25, 0.3) is 0 Å². The number of aromatic nitrogens is 4. The molecule has 140 valence electrons. The first-order valence-electron chi connectivity index (χ1n) is 9.28. The van der Waals surface area contributed by atoms with E-state index in [0.717, 1.165) is 35.6 Å². The summed E-state index contributed by atoms with van der Waals surface area (Å²) in [5.74, 6) is 0.686. The van der Waals surface area contributed by atoms with Crippen LogP contribution in [0.2, 0.25) is 0 Å². The Hall–Kier alpha value is -3.16. The van der Waals surface area contributed by atoms with E-state index in [1.807, 2.05) is 34.9 Å². The van der Waals surface area contributed by atoms with Crippen molar-refractivity contribution >= 4 is 28.4 Å². The molecule has 0 atom stereocenters. The second kappa shape index (κ2) is 8.03. The zero-order chi connectivity index (χ0) is 18.5. The van der Waals surface area contributed by atoms with Crippen LogP contribution in [0.15, 0.2) is 42.9 Å². The van der Waals surface area contributed by atoms with E-state index >= 15 is 0 Å². The summed E-state index contributed by atoms with van der Waals surface area (Å²) in [6, 6.07) is 9.79. The Morgan fingerprint density at radius 2 is 2.00 bits per heavy atom. The van der Waals surface area contributed by atoms with E-state index in [0.29, 0.717) is 13.1 Å². The average molecular weight is 365 g/mol. The van der Waals surface area contributed by atoms with Crippen molar-refractivity contribution in [2.45, 2.75) is 19.4 Å². The number of nitrogens with zero attached hydrogens (tertiary/aromatic N) is 5. The van der Waals surface area contributed by atoms with Crippen molar-refractivity contribution in [2.75, 3.05) is 36.4 Å². The summed E-state index contributed by atoms with van der Waals surface area (Å²) in [6.07, 6.45) is 5.95. The molecule has 4 rings (SSSR count). The van der Waals surface area contributed by atoms with Gasteiger partial charge in [-0.15, -0.1) is 5.10 Å². The molecule has 1 fully saturated rings. The summed E-state index contributed by atoms with van der Waals surface area (Å²) in [6.45, 7) is 3.51. The van der Waals surface area contributed by atoms with E-state index < -0.39 is 0 Å². The van der Waals surface area contributed by atoms with Crippen molar-refractivity contribution in [3.63, 3.8) is 0 Å². The molecule has 0 radical (unpaired) electrons. The monoisotopic (exact) mass is 365 g/mol. The third-order valence-corrected chi connectivity index (χ3v) is 4.71. The van der Waals surface area contributed by atoms with E-state index in [2.05, 4.69) is 30.7 Å². The van der Waals surface area contributed by atoms with Crippen LogP contribution < -0.4 is 15.5 Å². The normalized spacial score (nSPS) is 13.9. The summed E-state index contributed by atoms with van der Waals surface area (Å²) >= 11 is 0. The van der Waals surface area contributed by atoms with Gasteiger partial charge in [0, 0.05) is 32.2 Å². The quantitative estimate of drug-likeness (QED) is 0.619. The molecule has 0 saturated carbocycles. The summed E-state index contributed by atoms with van der Waals surface area (Å²) in [4.78, 5) is 18.8. The van der Waals surface area contributed by atoms with E-state index in [9.17, 15) is 4.79 Å². The van der Waals surface area contributed by atoms with Crippen molar-refractivity contribution in [1.29, 1.82) is 0 Å². The van der Waals surface area contributed by atoms with Crippen molar-refractivity contribution in [3.8, 4) is 0 Å². The van der Waals surface area contributed by atoms with Gasteiger partial charge in [-0.25, -0.2) is 4.98 Å². The lowest BCUT2D eigenvalue weighted by Crippen LogP contribution is -2.31. The number of amides is 1. The SMILES string of the molecule is O=C(Cn1cnc2ccccc21)NCCNc1cc(N2CCCC2)cnn1. The van der Waals surface area contributed by atoms with Crippen molar-refractivity contribution in [3.05, 3.63) is 42.9 Å². The lowest BCUT2D eigenvalue weighted by atomic mass is 10.3. The molecule has 1 aliphatic heterocycles. The highest BCUT2D eigenvalue weighted by atomic mass is 16.1. The van der Waals surface area contributed by atoms with Gasteiger partial charge in [-0.05, 0) is 25.0 Å². The molecule has 3 aromatic rings. The maximum atomic E-state index is 12.2. The van der Waals surface area contributed by atoms with Gasteiger partial charge < -0.3 is 20.1 Å². The molecule has 0 bridgehead atoms. The molecule has 0 aliphatic carbocycles. The highest BCUT2D eigenvalue weighted by Gasteiger charge is 2.13. The third kappa shape index (κ3) is 4.16. The van der Waals surface area contributed by atoms with E-state index in [1.165, 1.54) is 12.8 Å². The van der Waals surface area contributed by atoms with Crippen LogP contribution in [0.4, 0.5) is 11.5 Å². The molecule has 0 unspecified atom stereocenters. The number of para-hydroxylation sites is 2. The lowest BCUT2D eigenvalue weighted by Gasteiger charge is -2.17. The zero-order valence-corrected chi connectivity index (χ0v) is 15.1. The summed E-state index contributed by atoms with van der Waals surface area (Å²) < 4.78 is 1.85. The van der Waals surface area contributed by atoms with Crippen LogP contribution in [0, 0.1) is 0 Å². The number of hydrogen-bond donors (Lipinski definition) is 2. The van der Waals surface area contributed by atoms with Gasteiger partial charge in [0.2, 0.25) is 5.91 Å². The fourth-order valence-corrected chi connectivity index (χ4v) is 3.33. The Morgan fingerprint density at radius 1 is 1.15 bits per heavy atom. The first kappa shape index (κ1) is 17.3. The van der Waals surface area contributed by atoms with E-state index in [1.54, 1.807) is 12.5 Å². The fraction of sp³-hybridized carbons (Fsp3) is 0.368. The topological polar surface area (TPSA) is 88.0 Å². The smallest absolute Gasteiger partial charge is 0.240 e. The fourth-order valence-electron chi connectivity index (χ4n) is 3.33. The molecule has 1 amide bonds. The lowest BCUT2D eigenvalue weighted by molar-refractivity contribution is -0.121. The molecule has 2 N–H and O–H groups in total. The maximum Gasteiger partial charge on any atom is 0.240 e. The van der Waals surface area contributed by atoms with Crippen LogP contribution in [0.5, 0.6) is 0 Å². The minimum absolute atomic E-state index is 0.0446. The summed E-state index contributed by atoms with van der Waals surface area (Å²) in [5.41, 5.74) is 2.95. The van der Waals surface area contributed by atoms with Crippen LogP contribution in [0.1, 0.15) is 12.8 Å². The van der Waals surface area contributed by atoms with Gasteiger partial charge in [-0.1, -0.05) is 12.1 Å². The average Bonchev–Trinajstić information content (AvgIpc) is 3.36. The zero-order valence-electron chi connectivity index (χ0n) is 15.1. The van der Waals surface area contributed by atoms with Crippen LogP contribution in [-0.2, 0) is 11.3 Å². The van der Waals surface area contributed by atoms with Gasteiger partial charge >= 0.3 is 0 Å². The molecule has 0 spiro atoms. The van der Waals surface area contributed by atoms with Gasteiger partial charge in [-0.3, -0.25) is 4.79 Å². The second-order valence-corrected chi connectivity index (χ2v) is 6.63. The number of rotatable bonds is 7. The molecule has 1 saturated heterocycles. The van der Waals surface area contributed by atoms with Gasteiger partial charge in [-0.2, -0.15) is 5.10 Å². The number of nitrogens with one attached hydrogen (secondary N) is 2. The van der Waals surface area contributed by atoms with Crippen molar-refractivity contribution in [1.82, 2.24) is 25.1 Å². The molecule has 2 aromatic heterocycles. The van der Waals surface area contributed by atoms with Crippen LogP contribution in [-0.4, -0.2) is 51.8 Å². The molecule has 27 heavy (non-hydrogen) atoms. The standard InChI is InChI=1S/C19H23N7O/c27-19(13-26-14-22-16-5-1-2-6-17(16)26)21-8-7-20-18-11-15(12-23-24-18)25-9-3-4-10-25/h1-2,5-6,11-12,14H,3-4,7-10,13H2,(H,20,24)(H,21,27). The predicted molar refractivity (Wildman–Crippen MR) is 105 cm³/mol. The first-order valence-corrected chi connectivity index (χ1v) is 9.28. The summed E-state index contributed by atoms with van der Waals surface area (Å²) in [7, 11) is 0. The number of fused-ring (bicyclic) bond motifs is 1. The molecule has 8 nitrogen and oxygen atoms in total. The molecule has 1 aliphatic rings. The highest BCUT2D eigenvalue weighted by Crippen LogP contribution is 2.20. The van der Waals surface area contributed by atoms with Crippen LogP contribution >= 0.6 is 0 Å².